The predicted molar refractivity (Wildman–Crippen MR) is 129 cm³/mol. The number of H-pyrrole nitrogens is 1. The van der Waals surface area contributed by atoms with E-state index in [1.165, 1.54) is 24.4 Å². The van der Waals surface area contributed by atoms with Gasteiger partial charge < -0.3 is 10.3 Å². The zero-order valence-corrected chi connectivity index (χ0v) is 19.0. The molecule has 4 heterocycles. The Morgan fingerprint density at radius 3 is 2.51 bits per heavy atom. The lowest BCUT2D eigenvalue weighted by Crippen LogP contribution is -2.23. The molecule has 5 aromatic rings. The summed E-state index contributed by atoms with van der Waals surface area (Å²) < 4.78 is 53.6. The summed E-state index contributed by atoms with van der Waals surface area (Å²) in [5, 5.41) is 2.57. The normalized spacial score (nSPS) is 12.1. The van der Waals surface area contributed by atoms with Crippen LogP contribution < -0.4 is 5.32 Å². The van der Waals surface area contributed by atoms with Crippen molar-refractivity contribution in [2.75, 3.05) is 5.32 Å². The van der Waals surface area contributed by atoms with Gasteiger partial charge in [0.1, 0.15) is 17.2 Å². The largest absolute Gasteiger partial charge is 0.337 e. The zero-order valence-electron chi connectivity index (χ0n) is 19.0. The summed E-state index contributed by atoms with van der Waals surface area (Å²) in [7, 11) is 0. The van der Waals surface area contributed by atoms with Gasteiger partial charge in [0.15, 0.2) is 5.65 Å². The molecule has 0 aliphatic heterocycles. The summed E-state index contributed by atoms with van der Waals surface area (Å²) in [5.74, 6) is -3.15. The molecule has 0 aliphatic rings. The van der Waals surface area contributed by atoms with Crippen molar-refractivity contribution in [2.45, 2.75) is 18.8 Å². The smallest absolute Gasteiger partial charge is 0.239 e. The Bertz CT molecular complexity index is 1560. The summed E-state index contributed by atoms with van der Waals surface area (Å²) in [5.41, 5.74) is 3.01. The molecule has 11 heteroatoms. The maximum atomic E-state index is 13.8. The number of nitrogens with zero attached hydrogens (tertiary/aromatic N) is 4. The molecule has 0 fully saturated rings. The van der Waals surface area contributed by atoms with Gasteiger partial charge in [-0.05, 0) is 42.0 Å². The summed E-state index contributed by atoms with van der Waals surface area (Å²) in [6, 6.07) is 13.3. The summed E-state index contributed by atoms with van der Waals surface area (Å²) in [6.07, 6.45) is 0.536. The molecule has 0 spiro atoms. The van der Waals surface area contributed by atoms with Crippen molar-refractivity contribution in [3.05, 3.63) is 90.5 Å². The molecule has 0 saturated carbocycles. The number of amides is 1. The molecular weight excluding hydrogens is 488 g/mol. The number of rotatable bonds is 7. The fourth-order valence-corrected chi connectivity index (χ4v) is 4.05. The van der Waals surface area contributed by atoms with Crippen LogP contribution in [-0.4, -0.2) is 37.3 Å². The molecule has 0 aliphatic carbocycles. The molecule has 7 nitrogen and oxygen atoms in total. The molecule has 1 atom stereocenters. The topological polar surface area (TPSA) is 96.5 Å². The van der Waals surface area contributed by atoms with Gasteiger partial charge in [-0.1, -0.05) is 18.2 Å². The van der Waals surface area contributed by atoms with Crippen LogP contribution in [0.15, 0.2) is 73.2 Å². The molecule has 186 valence electrons. The highest BCUT2D eigenvalue weighted by atomic mass is 19.3. The fraction of sp³-hybridized carbons (Fsp3) is 0.115. The third-order valence-electron chi connectivity index (χ3n) is 5.70. The number of fused-ring (bicyclic) bond motifs is 1. The van der Waals surface area contributed by atoms with E-state index in [9.17, 15) is 22.4 Å². The van der Waals surface area contributed by atoms with E-state index >= 15 is 0 Å². The zero-order chi connectivity index (χ0) is 25.9. The number of aromatic amines is 1. The standard InChI is InChI=1S/C26H18F4N6O/c27-16-6-4-14(5-7-16)17(12-19(28)29)26(37)35-21-11-15(8-10-32-21)23-22(18-3-1-2-9-31-18)24-25(36-23)34-20(30)13-33-24/h1-11,13,17,19H,12H2,(H,34,36)(H,32,35,37)/t17-/m1/s1. The summed E-state index contributed by atoms with van der Waals surface area (Å²) in [6.45, 7) is 0. The Morgan fingerprint density at radius 2 is 1.78 bits per heavy atom. The van der Waals surface area contributed by atoms with Crippen molar-refractivity contribution in [1.82, 2.24) is 24.9 Å². The first kappa shape index (κ1) is 24.0. The van der Waals surface area contributed by atoms with Crippen molar-refractivity contribution in [3.63, 3.8) is 0 Å². The average molecular weight is 506 g/mol. The highest BCUT2D eigenvalue weighted by molar-refractivity contribution is 6.00. The molecule has 1 amide bonds. The lowest BCUT2D eigenvalue weighted by atomic mass is 9.95. The summed E-state index contributed by atoms with van der Waals surface area (Å²) >= 11 is 0. The molecule has 2 N–H and O–H groups in total. The number of carbonyl (C=O) groups excluding carboxylic acids is 1. The van der Waals surface area contributed by atoms with E-state index in [1.807, 2.05) is 0 Å². The first-order chi connectivity index (χ1) is 17.9. The van der Waals surface area contributed by atoms with Crippen LogP contribution in [-0.2, 0) is 4.79 Å². The maximum absolute atomic E-state index is 13.8. The van der Waals surface area contributed by atoms with Gasteiger partial charge in [-0.25, -0.2) is 23.1 Å². The Balaban J connectivity index is 1.52. The molecule has 4 aromatic heterocycles. The van der Waals surface area contributed by atoms with Gasteiger partial charge in [0.05, 0.1) is 29.1 Å². The third-order valence-corrected chi connectivity index (χ3v) is 5.70. The van der Waals surface area contributed by atoms with Crippen molar-refractivity contribution in [3.8, 4) is 22.5 Å². The Morgan fingerprint density at radius 1 is 0.973 bits per heavy atom. The van der Waals surface area contributed by atoms with E-state index in [-0.39, 0.29) is 17.0 Å². The minimum Gasteiger partial charge on any atom is -0.337 e. The lowest BCUT2D eigenvalue weighted by molar-refractivity contribution is -0.118. The van der Waals surface area contributed by atoms with Crippen LogP contribution in [0, 0.1) is 11.8 Å². The van der Waals surface area contributed by atoms with Crippen molar-refractivity contribution in [1.29, 1.82) is 0 Å². The number of hydrogen-bond donors (Lipinski definition) is 2. The first-order valence-corrected chi connectivity index (χ1v) is 11.2. The lowest BCUT2D eigenvalue weighted by Gasteiger charge is -2.17. The van der Waals surface area contributed by atoms with Crippen LogP contribution in [0.25, 0.3) is 33.7 Å². The van der Waals surface area contributed by atoms with E-state index in [4.69, 9.17) is 0 Å². The van der Waals surface area contributed by atoms with Crippen LogP contribution in [0.1, 0.15) is 17.9 Å². The van der Waals surface area contributed by atoms with Gasteiger partial charge in [-0.15, -0.1) is 0 Å². The quantitative estimate of drug-likeness (QED) is 0.275. The highest BCUT2D eigenvalue weighted by Gasteiger charge is 2.26. The Kier molecular flexibility index (Phi) is 6.59. The maximum Gasteiger partial charge on any atom is 0.239 e. The second-order valence-electron chi connectivity index (χ2n) is 8.13. The number of halogens is 4. The minimum atomic E-state index is -2.76. The van der Waals surface area contributed by atoms with Crippen LogP contribution >= 0.6 is 0 Å². The van der Waals surface area contributed by atoms with E-state index in [0.717, 1.165) is 18.3 Å². The highest BCUT2D eigenvalue weighted by Crippen LogP contribution is 2.36. The first-order valence-electron chi connectivity index (χ1n) is 11.2. The number of nitrogens with one attached hydrogen (secondary N) is 2. The van der Waals surface area contributed by atoms with Gasteiger partial charge in [-0.3, -0.25) is 9.78 Å². The van der Waals surface area contributed by atoms with Crippen molar-refractivity contribution in [2.24, 2.45) is 0 Å². The van der Waals surface area contributed by atoms with Crippen LogP contribution in [0.3, 0.4) is 0 Å². The van der Waals surface area contributed by atoms with E-state index in [1.54, 1.807) is 30.5 Å². The fourth-order valence-electron chi connectivity index (χ4n) is 4.05. The number of aromatic nitrogens is 5. The van der Waals surface area contributed by atoms with Gasteiger partial charge >= 0.3 is 0 Å². The number of alkyl halides is 2. The van der Waals surface area contributed by atoms with Crippen LogP contribution in [0.2, 0.25) is 0 Å². The monoisotopic (exact) mass is 506 g/mol. The molecule has 0 unspecified atom stereocenters. The number of carbonyl (C=O) groups is 1. The SMILES string of the molecule is O=C(Nc1cc(-c2[nH]c3nc(F)cnc3c2-c2ccccn2)ccn1)[C@H](CC(F)F)c1ccc(F)cc1. The van der Waals surface area contributed by atoms with Gasteiger partial charge in [0.25, 0.3) is 0 Å². The van der Waals surface area contributed by atoms with Crippen molar-refractivity contribution >= 4 is 22.9 Å². The molecule has 1 aromatic carbocycles. The molecule has 0 saturated heterocycles. The molecular formula is C26H18F4N6O. The Hall–Kier alpha value is -4.67. The predicted octanol–water partition coefficient (Wildman–Crippen LogP) is 5.74. The van der Waals surface area contributed by atoms with Gasteiger partial charge in [-0.2, -0.15) is 9.37 Å². The van der Waals surface area contributed by atoms with E-state index in [2.05, 4.69) is 30.2 Å². The number of hydrogen-bond acceptors (Lipinski definition) is 5. The van der Waals surface area contributed by atoms with Gasteiger partial charge in [0.2, 0.25) is 18.3 Å². The van der Waals surface area contributed by atoms with Crippen LogP contribution in [0.5, 0.6) is 0 Å². The van der Waals surface area contributed by atoms with Crippen LogP contribution in [0.4, 0.5) is 23.4 Å². The number of anilines is 1. The van der Waals surface area contributed by atoms with Gasteiger partial charge in [0, 0.05) is 24.4 Å². The molecule has 37 heavy (non-hydrogen) atoms. The second kappa shape index (κ2) is 10.1. The third kappa shape index (κ3) is 5.15. The van der Waals surface area contributed by atoms with E-state index in [0.29, 0.717) is 28.0 Å². The Labute approximate surface area is 207 Å². The average Bonchev–Trinajstić information content (AvgIpc) is 3.27. The number of benzene rings is 1. The molecule has 0 bridgehead atoms. The van der Waals surface area contributed by atoms with E-state index < -0.39 is 36.4 Å². The minimum absolute atomic E-state index is 0.0987. The molecule has 0 radical (unpaired) electrons. The summed E-state index contributed by atoms with van der Waals surface area (Å²) in [4.78, 5) is 32.6. The number of pyridine rings is 2. The molecule has 5 rings (SSSR count). The second-order valence-corrected chi connectivity index (χ2v) is 8.13. The van der Waals surface area contributed by atoms with Crippen molar-refractivity contribution < 1.29 is 22.4 Å².